The van der Waals surface area contributed by atoms with Crippen molar-refractivity contribution in [2.24, 2.45) is 0 Å². The second-order valence-corrected chi connectivity index (χ2v) is 8.78. The second-order valence-electron chi connectivity index (χ2n) is 7.40. The van der Waals surface area contributed by atoms with E-state index in [1.807, 2.05) is 18.2 Å². The number of rotatable bonds is 7. The van der Waals surface area contributed by atoms with Crippen LogP contribution in [0.2, 0.25) is 5.02 Å². The number of nitrogens with zero attached hydrogens (tertiary/aromatic N) is 2. The minimum atomic E-state index is -0.263. The Morgan fingerprint density at radius 3 is 2.55 bits per heavy atom. The summed E-state index contributed by atoms with van der Waals surface area (Å²) in [5.74, 6) is -0.288. The number of hydrogen-bond donors (Lipinski definition) is 1. The maximum Gasteiger partial charge on any atom is 0.262 e. The van der Waals surface area contributed by atoms with Crippen molar-refractivity contribution in [1.82, 2.24) is 9.55 Å². The molecule has 0 spiro atoms. The Morgan fingerprint density at radius 2 is 1.79 bits per heavy atom. The van der Waals surface area contributed by atoms with E-state index in [1.54, 1.807) is 59.2 Å². The molecule has 4 aromatic rings. The lowest BCUT2D eigenvalue weighted by Crippen LogP contribution is -2.25. The topological polar surface area (TPSA) is 81.1 Å². The summed E-state index contributed by atoms with van der Waals surface area (Å²) in [6.07, 6.45) is 0. The van der Waals surface area contributed by atoms with Gasteiger partial charge in [-0.25, -0.2) is 4.98 Å². The van der Waals surface area contributed by atoms with E-state index in [1.165, 1.54) is 18.7 Å². The summed E-state index contributed by atoms with van der Waals surface area (Å²) >= 11 is 7.17. The molecule has 0 saturated carbocycles. The van der Waals surface area contributed by atoms with E-state index in [4.69, 9.17) is 11.6 Å². The number of anilines is 1. The predicted octanol–water partition coefficient (Wildman–Crippen LogP) is 5.03. The lowest BCUT2D eigenvalue weighted by Gasteiger charge is -2.13. The van der Waals surface area contributed by atoms with Gasteiger partial charge in [0.05, 0.1) is 23.2 Å². The summed E-state index contributed by atoms with van der Waals surface area (Å²) in [5.41, 5.74) is 2.36. The summed E-state index contributed by atoms with van der Waals surface area (Å²) < 4.78 is 1.57. The van der Waals surface area contributed by atoms with Crippen LogP contribution in [0.1, 0.15) is 22.8 Å². The predicted molar refractivity (Wildman–Crippen MR) is 132 cm³/mol. The molecule has 0 saturated heterocycles. The van der Waals surface area contributed by atoms with Crippen LogP contribution in [0.4, 0.5) is 5.69 Å². The Morgan fingerprint density at radius 1 is 1.03 bits per heavy atom. The number of thioether (sulfide) groups is 1. The average molecular weight is 478 g/mol. The fourth-order valence-electron chi connectivity index (χ4n) is 3.31. The van der Waals surface area contributed by atoms with Crippen LogP contribution in [-0.4, -0.2) is 27.0 Å². The normalized spacial score (nSPS) is 10.8. The van der Waals surface area contributed by atoms with E-state index in [0.29, 0.717) is 38.9 Å². The van der Waals surface area contributed by atoms with Crippen molar-refractivity contribution in [3.63, 3.8) is 0 Å². The molecule has 0 fully saturated rings. The molecule has 33 heavy (non-hydrogen) atoms. The highest BCUT2D eigenvalue weighted by Gasteiger charge is 2.14. The van der Waals surface area contributed by atoms with Crippen LogP contribution < -0.4 is 10.9 Å². The molecule has 1 heterocycles. The molecule has 0 aliphatic carbocycles. The number of aromatic nitrogens is 2. The third-order valence-corrected chi connectivity index (χ3v) is 6.19. The first kappa shape index (κ1) is 22.8. The standard InChI is InChI=1S/C25H20ClN3O3S/c1-16(30)18-5-4-6-20(13-18)27-23(31)15-33-25-28-22-8-3-2-7-21(22)24(32)29(25)14-17-9-11-19(26)12-10-17/h2-13H,14-15H2,1H3,(H,27,31). The molecule has 3 aromatic carbocycles. The van der Waals surface area contributed by atoms with Gasteiger partial charge in [0.2, 0.25) is 5.91 Å². The highest BCUT2D eigenvalue weighted by atomic mass is 35.5. The monoisotopic (exact) mass is 477 g/mol. The quantitative estimate of drug-likeness (QED) is 0.229. The molecule has 0 bridgehead atoms. The van der Waals surface area contributed by atoms with Gasteiger partial charge in [-0.2, -0.15) is 0 Å². The number of fused-ring (bicyclic) bond motifs is 1. The van der Waals surface area contributed by atoms with Gasteiger partial charge in [-0.05, 0) is 48.9 Å². The summed E-state index contributed by atoms with van der Waals surface area (Å²) in [5, 5.41) is 4.37. The van der Waals surface area contributed by atoms with Gasteiger partial charge in [-0.3, -0.25) is 19.0 Å². The van der Waals surface area contributed by atoms with Gasteiger partial charge < -0.3 is 5.32 Å². The van der Waals surface area contributed by atoms with Gasteiger partial charge in [0.25, 0.3) is 5.56 Å². The van der Waals surface area contributed by atoms with E-state index in [2.05, 4.69) is 10.3 Å². The third-order valence-electron chi connectivity index (χ3n) is 4.97. The molecular weight excluding hydrogens is 458 g/mol. The first-order chi connectivity index (χ1) is 15.9. The number of hydrogen-bond acceptors (Lipinski definition) is 5. The fraction of sp³-hybridized carbons (Fsp3) is 0.120. The molecule has 0 aliphatic heterocycles. The van der Waals surface area contributed by atoms with E-state index in [0.717, 1.165) is 5.56 Å². The van der Waals surface area contributed by atoms with Crippen LogP contribution in [0.5, 0.6) is 0 Å². The molecule has 166 valence electrons. The molecule has 0 atom stereocenters. The number of benzene rings is 3. The zero-order chi connectivity index (χ0) is 23.4. The zero-order valence-corrected chi connectivity index (χ0v) is 19.3. The SMILES string of the molecule is CC(=O)c1cccc(NC(=O)CSc2nc3ccccc3c(=O)n2Cc2ccc(Cl)cc2)c1. The number of para-hydroxylation sites is 1. The van der Waals surface area contributed by atoms with Gasteiger partial charge in [0, 0.05) is 16.3 Å². The summed E-state index contributed by atoms with van der Waals surface area (Å²) in [6.45, 7) is 1.78. The number of Topliss-reactive ketones (excluding diaryl/α,β-unsaturated/α-hetero) is 1. The van der Waals surface area contributed by atoms with Crippen LogP contribution in [0.15, 0.2) is 82.7 Å². The highest BCUT2D eigenvalue weighted by molar-refractivity contribution is 7.99. The van der Waals surface area contributed by atoms with Crippen molar-refractivity contribution in [1.29, 1.82) is 0 Å². The molecule has 0 unspecified atom stereocenters. The van der Waals surface area contributed by atoms with E-state index >= 15 is 0 Å². The average Bonchev–Trinajstić information content (AvgIpc) is 2.81. The smallest absolute Gasteiger partial charge is 0.262 e. The number of carbonyl (C=O) groups excluding carboxylic acids is 2. The van der Waals surface area contributed by atoms with Crippen molar-refractivity contribution in [2.45, 2.75) is 18.6 Å². The maximum atomic E-state index is 13.2. The number of ketones is 1. The molecular formula is C25H20ClN3O3S. The summed E-state index contributed by atoms with van der Waals surface area (Å²) in [7, 11) is 0. The van der Waals surface area contributed by atoms with Crippen LogP contribution >= 0.6 is 23.4 Å². The molecule has 8 heteroatoms. The van der Waals surface area contributed by atoms with Crippen LogP contribution in [0.3, 0.4) is 0 Å². The van der Waals surface area contributed by atoms with Crippen molar-refractivity contribution < 1.29 is 9.59 Å². The van der Waals surface area contributed by atoms with Crippen LogP contribution in [0.25, 0.3) is 10.9 Å². The largest absolute Gasteiger partial charge is 0.325 e. The van der Waals surface area contributed by atoms with Crippen LogP contribution in [0, 0.1) is 0 Å². The molecule has 6 nitrogen and oxygen atoms in total. The zero-order valence-electron chi connectivity index (χ0n) is 17.7. The minimum absolute atomic E-state index is 0.0513. The molecule has 4 rings (SSSR count). The molecule has 1 aromatic heterocycles. The van der Waals surface area contributed by atoms with E-state index < -0.39 is 0 Å². The third kappa shape index (κ3) is 5.50. The van der Waals surface area contributed by atoms with Gasteiger partial charge in [0.1, 0.15) is 0 Å². The lowest BCUT2D eigenvalue weighted by molar-refractivity contribution is -0.113. The Hall–Kier alpha value is -3.42. The minimum Gasteiger partial charge on any atom is -0.325 e. The van der Waals surface area contributed by atoms with Crippen molar-refractivity contribution >= 4 is 51.6 Å². The Bertz CT molecular complexity index is 1400. The number of carbonyl (C=O) groups is 2. The van der Waals surface area contributed by atoms with E-state index in [9.17, 15) is 14.4 Å². The molecule has 1 amide bonds. The Labute approximate surface area is 199 Å². The van der Waals surface area contributed by atoms with Gasteiger partial charge >= 0.3 is 0 Å². The fourth-order valence-corrected chi connectivity index (χ4v) is 4.24. The highest BCUT2D eigenvalue weighted by Crippen LogP contribution is 2.20. The van der Waals surface area contributed by atoms with Crippen LogP contribution in [-0.2, 0) is 11.3 Å². The van der Waals surface area contributed by atoms with Crippen molar-refractivity contribution in [3.05, 3.63) is 99.3 Å². The molecule has 1 N–H and O–H groups in total. The maximum absolute atomic E-state index is 13.2. The van der Waals surface area contributed by atoms with Gasteiger partial charge in [-0.15, -0.1) is 0 Å². The summed E-state index contributed by atoms with van der Waals surface area (Å²) in [4.78, 5) is 42.0. The molecule has 0 radical (unpaired) electrons. The number of nitrogens with one attached hydrogen (secondary N) is 1. The lowest BCUT2D eigenvalue weighted by atomic mass is 10.1. The van der Waals surface area contributed by atoms with Gasteiger partial charge in [0.15, 0.2) is 10.9 Å². The Kier molecular flexibility index (Phi) is 6.91. The second kappa shape index (κ2) is 10.0. The van der Waals surface area contributed by atoms with Crippen molar-refractivity contribution in [2.75, 3.05) is 11.1 Å². The first-order valence-corrected chi connectivity index (χ1v) is 11.5. The number of amides is 1. The van der Waals surface area contributed by atoms with Gasteiger partial charge in [-0.1, -0.05) is 59.8 Å². The molecule has 0 aliphatic rings. The number of halogens is 1. The van der Waals surface area contributed by atoms with Crippen molar-refractivity contribution in [3.8, 4) is 0 Å². The first-order valence-electron chi connectivity index (χ1n) is 10.2. The Balaban J connectivity index is 1.59. The summed E-state index contributed by atoms with van der Waals surface area (Å²) in [6, 6.07) is 21.2. The van der Waals surface area contributed by atoms with E-state index in [-0.39, 0.29) is 23.0 Å².